The summed E-state index contributed by atoms with van der Waals surface area (Å²) in [6.45, 7) is 1.00. The largest absolute Gasteiger partial charge is 0.480 e. The van der Waals surface area contributed by atoms with Crippen LogP contribution in [0, 0.1) is 0 Å². The van der Waals surface area contributed by atoms with Crippen molar-refractivity contribution in [2.24, 2.45) is 0 Å². The fourth-order valence-electron chi connectivity index (χ4n) is 3.84. The third kappa shape index (κ3) is 4.69. The second-order valence-electron chi connectivity index (χ2n) is 7.41. The Labute approximate surface area is 181 Å². The molecule has 6 heteroatoms. The number of carboxylic acid groups (broad SMARTS) is 1. The van der Waals surface area contributed by atoms with Gasteiger partial charge in [-0.2, -0.15) is 0 Å². The molecular formula is C25H24N2O4. The molecular weight excluding hydrogens is 392 g/mol. The second kappa shape index (κ2) is 9.34. The van der Waals surface area contributed by atoms with Crippen molar-refractivity contribution >= 4 is 17.7 Å². The number of benzene rings is 3. The number of carboxylic acids is 1. The van der Waals surface area contributed by atoms with Crippen LogP contribution in [0.2, 0.25) is 0 Å². The molecule has 31 heavy (non-hydrogen) atoms. The van der Waals surface area contributed by atoms with E-state index in [2.05, 4.69) is 0 Å². The predicted octanol–water partition coefficient (Wildman–Crippen LogP) is 4.19. The average molecular weight is 416 g/mol. The molecule has 1 amide bonds. The molecule has 1 aliphatic heterocycles. The highest BCUT2D eigenvalue weighted by Gasteiger charge is 2.37. The van der Waals surface area contributed by atoms with Crippen molar-refractivity contribution in [2.45, 2.75) is 12.1 Å². The first-order chi connectivity index (χ1) is 15.1. The zero-order valence-electron chi connectivity index (χ0n) is 17.0. The molecule has 1 heterocycles. The van der Waals surface area contributed by atoms with Gasteiger partial charge in [-0.05, 0) is 23.3 Å². The molecule has 1 N–H and O–H groups in total. The highest BCUT2D eigenvalue weighted by molar-refractivity contribution is 5.81. The Morgan fingerprint density at radius 3 is 1.84 bits per heavy atom. The zero-order chi connectivity index (χ0) is 21.6. The van der Waals surface area contributed by atoms with Gasteiger partial charge in [-0.3, -0.25) is 4.90 Å². The smallest absolute Gasteiger partial charge is 0.411 e. The van der Waals surface area contributed by atoms with E-state index < -0.39 is 24.2 Å². The maximum absolute atomic E-state index is 13.1. The molecule has 1 aliphatic rings. The lowest BCUT2D eigenvalue weighted by atomic mass is 10.0. The quantitative estimate of drug-likeness (QED) is 0.675. The van der Waals surface area contributed by atoms with Gasteiger partial charge in [-0.1, -0.05) is 78.9 Å². The lowest BCUT2D eigenvalue weighted by molar-refractivity contribution is -0.143. The van der Waals surface area contributed by atoms with Gasteiger partial charge in [-0.15, -0.1) is 0 Å². The molecule has 0 aromatic heterocycles. The van der Waals surface area contributed by atoms with E-state index in [4.69, 9.17) is 4.74 Å². The Hall–Kier alpha value is -3.80. The number of hydrogen-bond acceptors (Lipinski definition) is 4. The Bertz CT molecular complexity index is 972. The molecule has 0 bridgehead atoms. The van der Waals surface area contributed by atoms with Crippen LogP contribution in [0.15, 0.2) is 91.0 Å². The first-order valence-corrected chi connectivity index (χ1v) is 10.2. The van der Waals surface area contributed by atoms with Crippen LogP contribution in [0.5, 0.6) is 0 Å². The molecule has 0 unspecified atom stereocenters. The highest BCUT2D eigenvalue weighted by Crippen LogP contribution is 2.28. The summed E-state index contributed by atoms with van der Waals surface area (Å²) in [5.41, 5.74) is 2.60. The molecule has 0 radical (unpaired) electrons. The first-order valence-electron chi connectivity index (χ1n) is 10.2. The van der Waals surface area contributed by atoms with Crippen LogP contribution >= 0.6 is 0 Å². The normalized spacial score (nSPS) is 16.2. The molecule has 0 saturated carbocycles. The van der Waals surface area contributed by atoms with Crippen molar-refractivity contribution in [3.63, 3.8) is 0 Å². The van der Waals surface area contributed by atoms with Crippen LogP contribution in [0.4, 0.5) is 10.5 Å². The lowest BCUT2D eigenvalue weighted by Gasteiger charge is -2.40. The van der Waals surface area contributed by atoms with Crippen LogP contribution in [0.25, 0.3) is 0 Å². The van der Waals surface area contributed by atoms with Gasteiger partial charge < -0.3 is 14.7 Å². The van der Waals surface area contributed by atoms with Crippen molar-refractivity contribution in [1.29, 1.82) is 0 Å². The molecule has 3 aromatic rings. The standard InChI is InChI=1S/C25H24N2O4/c28-24(29)22-18-26(21-14-8-3-9-15-21)16-17-27(22)25(30)31-23(19-10-4-1-5-11-19)20-12-6-2-7-13-20/h1-15,22-23H,16-18H2,(H,28,29)/t22-/m0/s1. The zero-order valence-corrected chi connectivity index (χ0v) is 17.0. The molecule has 1 saturated heterocycles. The van der Waals surface area contributed by atoms with Crippen molar-refractivity contribution < 1.29 is 19.4 Å². The molecule has 1 atom stereocenters. The van der Waals surface area contributed by atoms with Crippen molar-refractivity contribution in [3.05, 3.63) is 102 Å². The van der Waals surface area contributed by atoms with Crippen molar-refractivity contribution in [2.75, 3.05) is 24.5 Å². The maximum atomic E-state index is 13.1. The summed E-state index contributed by atoms with van der Waals surface area (Å²) in [6, 6.07) is 27.6. The summed E-state index contributed by atoms with van der Waals surface area (Å²) >= 11 is 0. The lowest BCUT2D eigenvalue weighted by Crippen LogP contribution is -2.58. The summed E-state index contributed by atoms with van der Waals surface area (Å²) in [6.07, 6.45) is -1.24. The van der Waals surface area contributed by atoms with Gasteiger partial charge in [0.1, 0.15) is 6.04 Å². The molecule has 3 aromatic carbocycles. The van der Waals surface area contributed by atoms with Gasteiger partial charge in [0.15, 0.2) is 6.10 Å². The van der Waals surface area contributed by atoms with Crippen LogP contribution < -0.4 is 4.90 Å². The number of hydrogen-bond donors (Lipinski definition) is 1. The van der Waals surface area contributed by atoms with E-state index in [0.29, 0.717) is 6.54 Å². The highest BCUT2D eigenvalue weighted by atomic mass is 16.6. The maximum Gasteiger partial charge on any atom is 0.411 e. The number of aliphatic carboxylic acids is 1. The van der Waals surface area contributed by atoms with Gasteiger partial charge in [0.2, 0.25) is 0 Å². The number of rotatable bonds is 5. The van der Waals surface area contributed by atoms with E-state index in [9.17, 15) is 14.7 Å². The number of nitrogens with zero attached hydrogens (tertiary/aromatic N) is 2. The molecule has 1 fully saturated rings. The van der Waals surface area contributed by atoms with E-state index >= 15 is 0 Å². The Kier molecular flexibility index (Phi) is 6.17. The molecule has 158 valence electrons. The van der Waals surface area contributed by atoms with Gasteiger partial charge in [0.25, 0.3) is 0 Å². The minimum absolute atomic E-state index is 0.204. The number of amides is 1. The van der Waals surface area contributed by atoms with E-state index in [1.807, 2.05) is 95.9 Å². The minimum Gasteiger partial charge on any atom is -0.480 e. The van der Waals surface area contributed by atoms with Crippen molar-refractivity contribution in [1.82, 2.24) is 4.90 Å². The molecule has 0 spiro atoms. The first kappa shape index (κ1) is 20.5. The Morgan fingerprint density at radius 2 is 1.32 bits per heavy atom. The molecule has 0 aliphatic carbocycles. The number of piperazine rings is 1. The summed E-state index contributed by atoms with van der Waals surface area (Å²) < 4.78 is 5.89. The minimum atomic E-state index is -1.05. The van der Waals surface area contributed by atoms with Gasteiger partial charge in [0, 0.05) is 25.3 Å². The van der Waals surface area contributed by atoms with E-state index in [1.54, 1.807) is 0 Å². The van der Waals surface area contributed by atoms with Crippen LogP contribution in [0.3, 0.4) is 0 Å². The second-order valence-corrected chi connectivity index (χ2v) is 7.41. The number of carbonyl (C=O) groups excluding carboxylic acids is 1. The summed E-state index contributed by atoms with van der Waals surface area (Å²) in [5.74, 6) is -1.05. The number of carbonyl (C=O) groups is 2. The topological polar surface area (TPSA) is 70.1 Å². The van der Waals surface area contributed by atoms with E-state index in [0.717, 1.165) is 16.8 Å². The van der Waals surface area contributed by atoms with E-state index in [-0.39, 0.29) is 13.1 Å². The van der Waals surface area contributed by atoms with Crippen LogP contribution in [0.1, 0.15) is 17.2 Å². The van der Waals surface area contributed by atoms with Crippen LogP contribution in [-0.4, -0.2) is 47.7 Å². The van der Waals surface area contributed by atoms with Crippen LogP contribution in [-0.2, 0) is 9.53 Å². The Balaban J connectivity index is 1.55. The number of anilines is 1. The van der Waals surface area contributed by atoms with Gasteiger partial charge >= 0.3 is 12.1 Å². The third-order valence-corrected chi connectivity index (χ3v) is 5.44. The fraction of sp³-hybridized carbons (Fsp3) is 0.200. The molecule has 4 rings (SSSR count). The third-order valence-electron chi connectivity index (χ3n) is 5.44. The summed E-state index contributed by atoms with van der Waals surface area (Å²) in [7, 11) is 0. The number of ether oxygens (including phenoxy) is 1. The number of para-hydroxylation sites is 1. The monoisotopic (exact) mass is 416 g/mol. The van der Waals surface area contributed by atoms with Gasteiger partial charge in [0.05, 0.1) is 0 Å². The summed E-state index contributed by atoms with van der Waals surface area (Å²) in [5, 5.41) is 9.81. The predicted molar refractivity (Wildman–Crippen MR) is 118 cm³/mol. The molecule has 6 nitrogen and oxygen atoms in total. The Morgan fingerprint density at radius 1 is 0.806 bits per heavy atom. The summed E-state index contributed by atoms with van der Waals surface area (Å²) in [4.78, 5) is 28.4. The SMILES string of the molecule is O=C(O)[C@@H]1CN(c2ccccc2)CCN1C(=O)OC(c1ccccc1)c1ccccc1. The average Bonchev–Trinajstić information content (AvgIpc) is 2.83. The van der Waals surface area contributed by atoms with Gasteiger partial charge in [-0.25, -0.2) is 9.59 Å². The van der Waals surface area contributed by atoms with Crippen molar-refractivity contribution in [3.8, 4) is 0 Å². The fourth-order valence-corrected chi connectivity index (χ4v) is 3.84. The van der Waals surface area contributed by atoms with E-state index in [1.165, 1.54) is 4.90 Å².